The largest absolute Gasteiger partial charge is 0.497 e. The molecule has 1 aliphatic carbocycles. The summed E-state index contributed by atoms with van der Waals surface area (Å²) in [6, 6.07) is 19.9. The highest BCUT2D eigenvalue weighted by atomic mass is 32.2. The van der Waals surface area contributed by atoms with Crippen molar-refractivity contribution in [2.45, 2.75) is 42.4 Å². The molecule has 0 bridgehead atoms. The van der Waals surface area contributed by atoms with Gasteiger partial charge in [0.15, 0.2) is 0 Å². The minimum Gasteiger partial charge on any atom is -0.497 e. The molecule has 3 aromatic rings. The van der Waals surface area contributed by atoms with Crippen molar-refractivity contribution in [2.75, 3.05) is 19.5 Å². The number of ether oxygens (including phenoxy) is 2. The third kappa shape index (κ3) is 5.18. The number of amides is 1. The monoisotopic (exact) mass is 473 g/mol. The van der Waals surface area contributed by atoms with Crippen LogP contribution in [0.15, 0.2) is 59.6 Å². The van der Waals surface area contributed by atoms with Gasteiger partial charge >= 0.3 is 0 Å². The van der Waals surface area contributed by atoms with Gasteiger partial charge in [-0.25, -0.2) is 4.98 Å². The highest BCUT2D eigenvalue weighted by Gasteiger charge is 2.25. The molecule has 2 unspecified atom stereocenters. The van der Waals surface area contributed by atoms with Gasteiger partial charge in [0, 0.05) is 11.8 Å². The third-order valence-corrected chi connectivity index (χ3v) is 7.17. The van der Waals surface area contributed by atoms with E-state index in [1.807, 2.05) is 12.1 Å². The van der Waals surface area contributed by atoms with Crippen molar-refractivity contribution < 1.29 is 14.3 Å². The zero-order valence-electron chi connectivity index (χ0n) is 19.5. The van der Waals surface area contributed by atoms with Gasteiger partial charge in [-0.2, -0.15) is 5.26 Å². The van der Waals surface area contributed by atoms with Gasteiger partial charge in [-0.1, -0.05) is 42.1 Å². The maximum Gasteiger partial charge on any atom is 0.237 e. The van der Waals surface area contributed by atoms with Gasteiger partial charge in [0.25, 0.3) is 0 Å². The minimum absolute atomic E-state index is 0.205. The number of carbonyl (C=O) groups excluding carboxylic acids is 1. The highest BCUT2D eigenvalue weighted by molar-refractivity contribution is 8.00. The van der Waals surface area contributed by atoms with Crippen molar-refractivity contribution in [1.29, 1.82) is 5.26 Å². The first-order chi connectivity index (χ1) is 16.5. The van der Waals surface area contributed by atoms with E-state index in [1.165, 1.54) is 17.3 Å². The van der Waals surface area contributed by atoms with Crippen molar-refractivity contribution in [2.24, 2.45) is 0 Å². The summed E-state index contributed by atoms with van der Waals surface area (Å²) in [7, 11) is 3.12. The van der Waals surface area contributed by atoms with Crippen molar-refractivity contribution in [3.05, 3.63) is 77.0 Å². The summed E-state index contributed by atoms with van der Waals surface area (Å²) in [6.07, 6.45) is 2.75. The Labute approximate surface area is 204 Å². The lowest BCUT2D eigenvalue weighted by Crippen LogP contribution is -2.23. The quantitative estimate of drug-likeness (QED) is 0.465. The molecule has 0 aliphatic heterocycles. The Hall–Kier alpha value is -3.50. The molecule has 1 aliphatic rings. The number of carbonyl (C=O) groups is 1. The van der Waals surface area contributed by atoms with Crippen LogP contribution in [0.3, 0.4) is 0 Å². The Morgan fingerprint density at radius 1 is 1.18 bits per heavy atom. The van der Waals surface area contributed by atoms with Crippen LogP contribution in [0.2, 0.25) is 0 Å². The summed E-state index contributed by atoms with van der Waals surface area (Å²) < 4.78 is 10.6. The number of aromatic nitrogens is 1. The zero-order chi connectivity index (χ0) is 24.1. The van der Waals surface area contributed by atoms with Gasteiger partial charge in [0.05, 0.1) is 30.7 Å². The van der Waals surface area contributed by atoms with Crippen LogP contribution in [-0.4, -0.2) is 30.4 Å². The SMILES string of the molecule is COc1ccc(OC)c(NC(=O)C(C)Sc2nc3c(cc2C#N)CC(c2ccccc2)CC3)c1. The summed E-state index contributed by atoms with van der Waals surface area (Å²) in [6.45, 7) is 1.81. The number of anilines is 1. The summed E-state index contributed by atoms with van der Waals surface area (Å²) in [5, 5.41) is 12.8. The Kier molecular flexibility index (Phi) is 7.39. The molecule has 0 saturated heterocycles. The topological polar surface area (TPSA) is 84.2 Å². The maximum absolute atomic E-state index is 12.9. The molecular weight excluding hydrogens is 446 g/mol. The van der Waals surface area contributed by atoms with Crippen molar-refractivity contribution in [3.8, 4) is 17.6 Å². The molecule has 0 saturated carbocycles. The minimum atomic E-state index is -0.464. The normalized spacial score (nSPS) is 15.5. The van der Waals surface area contributed by atoms with Crippen LogP contribution in [0, 0.1) is 11.3 Å². The number of nitriles is 1. The van der Waals surface area contributed by atoms with Gasteiger partial charge in [-0.05, 0) is 61.4 Å². The Morgan fingerprint density at radius 2 is 1.97 bits per heavy atom. The predicted octanol–water partition coefficient (Wildman–Crippen LogP) is 5.36. The van der Waals surface area contributed by atoms with Gasteiger partial charge in [0.1, 0.15) is 22.6 Å². The predicted molar refractivity (Wildman–Crippen MR) is 134 cm³/mol. The number of hydrogen-bond acceptors (Lipinski definition) is 6. The second-order valence-electron chi connectivity index (χ2n) is 8.22. The summed E-state index contributed by atoms with van der Waals surface area (Å²) in [4.78, 5) is 17.8. The highest BCUT2D eigenvalue weighted by Crippen LogP contribution is 2.36. The smallest absolute Gasteiger partial charge is 0.237 e. The zero-order valence-corrected chi connectivity index (χ0v) is 20.3. The molecular formula is C27H27N3O3S. The number of rotatable bonds is 7. The van der Waals surface area contributed by atoms with Crippen molar-refractivity contribution >= 4 is 23.4 Å². The number of aryl methyl sites for hydroxylation is 1. The van der Waals surface area contributed by atoms with Crippen LogP contribution in [-0.2, 0) is 17.6 Å². The van der Waals surface area contributed by atoms with Crippen LogP contribution in [0.5, 0.6) is 11.5 Å². The summed E-state index contributed by atoms with van der Waals surface area (Å²) in [5.74, 6) is 1.39. The molecule has 1 aromatic heterocycles. The molecule has 1 amide bonds. The maximum atomic E-state index is 12.9. The van der Waals surface area contributed by atoms with Gasteiger partial charge < -0.3 is 14.8 Å². The number of hydrogen-bond donors (Lipinski definition) is 1. The number of benzene rings is 2. The van der Waals surface area contributed by atoms with Crippen molar-refractivity contribution in [3.63, 3.8) is 0 Å². The van der Waals surface area contributed by atoms with E-state index >= 15 is 0 Å². The second-order valence-corrected chi connectivity index (χ2v) is 9.55. The third-order valence-electron chi connectivity index (χ3n) is 6.07. The van der Waals surface area contributed by atoms with E-state index < -0.39 is 5.25 Å². The Morgan fingerprint density at radius 3 is 2.68 bits per heavy atom. The second kappa shape index (κ2) is 10.6. The Bertz CT molecular complexity index is 1220. The molecule has 0 radical (unpaired) electrons. The van der Waals surface area contributed by atoms with E-state index in [1.54, 1.807) is 39.3 Å². The molecule has 2 atom stereocenters. The number of nitrogens with one attached hydrogen (secondary N) is 1. The van der Waals surface area contributed by atoms with E-state index in [-0.39, 0.29) is 5.91 Å². The van der Waals surface area contributed by atoms with Gasteiger partial charge in [-0.3, -0.25) is 4.79 Å². The molecule has 174 valence electrons. The number of fused-ring (bicyclic) bond motifs is 1. The fourth-order valence-corrected chi connectivity index (χ4v) is 5.09. The summed E-state index contributed by atoms with van der Waals surface area (Å²) in [5.41, 5.74) is 4.51. The van der Waals surface area contributed by atoms with Crippen molar-refractivity contribution in [1.82, 2.24) is 4.98 Å². The fourth-order valence-electron chi connectivity index (χ4n) is 4.19. The number of pyridine rings is 1. The molecule has 1 heterocycles. The van der Waals surface area contributed by atoms with Crippen LogP contribution < -0.4 is 14.8 Å². The standard InChI is InChI=1S/C27H27N3O3S/c1-17(26(31)29-24-15-22(32-2)10-12-25(24)33-3)34-27-21(16-28)14-20-13-19(9-11-23(20)30-27)18-7-5-4-6-8-18/h4-8,10,12,14-15,17,19H,9,11,13H2,1-3H3,(H,29,31). The van der Waals surface area contributed by atoms with Gasteiger partial charge in [0.2, 0.25) is 5.91 Å². The fraction of sp³-hybridized carbons (Fsp3) is 0.296. The average molecular weight is 474 g/mol. The molecule has 1 N–H and O–H groups in total. The Balaban J connectivity index is 1.50. The first-order valence-corrected chi connectivity index (χ1v) is 12.1. The molecule has 0 fully saturated rings. The van der Waals surface area contributed by atoms with E-state index in [4.69, 9.17) is 14.5 Å². The first-order valence-electron chi connectivity index (χ1n) is 11.2. The molecule has 7 heteroatoms. The van der Waals surface area contributed by atoms with E-state index in [2.05, 4.69) is 35.7 Å². The molecule has 34 heavy (non-hydrogen) atoms. The van der Waals surface area contributed by atoms with Crippen LogP contribution in [0.4, 0.5) is 5.69 Å². The molecule has 6 nitrogen and oxygen atoms in total. The van der Waals surface area contributed by atoms with Crippen LogP contribution in [0.25, 0.3) is 0 Å². The molecule has 0 spiro atoms. The number of methoxy groups -OCH3 is 2. The van der Waals surface area contributed by atoms with E-state index in [9.17, 15) is 10.1 Å². The summed E-state index contributed by atoms with van der Waals surface area (Å²) >= 11 is 1.30. The average Bonchev–Trinajstić information content (AvgIpc) is 2.88. The lowest BCUT2D eigenvalue weighted by atomic mass is 9.82. The number of thioether (sulfide) groups is 1. The lowest BCUT2D eigenvalue weighted by Gasteiger charge is -2.25. The van der Waals surface area contributed by atoms with Gasteiger partial charge in [-0.15, -0.1) is 0 Å². The molecule has 2 aromatic carbocycles. The van der Waals surface area contributed by atoms with E-state index in [0.29, 0.717) is 33.7 Å². The lowest BCUT2D eigenvalue weighted by molar-refractivity contribution is -0.115. The first kappa shape index (κ1) is 23.7. The molecule has 4 rings (SSSR count). The van der Waals surface area contributed by atoms with E-state index in [0.717, 1.165) is 30.5 Å². The van der Waals surface area contributed by atoms with Crippen LogP contribution >= 0.6 is 11.8 Å². The van der Waals surface area contributed by atoms with Crippen LogP contribution in [0.1, 0.15) is 41.6 Å². The number of nitrogens with zero attached hydrogens (tertiary/aromatic N) is 2.